The zero-order valence-corrected chi connectivity index (χ0v) is 13.6. The van der Waals surface area contributed by atoms with Gasteiger partial charge < -0.3 is 15.4 Å². The summed E-state index contributed by atoms with van der Waals surface area (Å²) in [7, 11) is 1.61. The van der Waals surface area contributed by atoms with Crippen LogP contribution in [0.4, 0.5) is 24.5 Å². The molecular formula is C17H18F3N3O2. The number of halogens is 3. The maximum atomic E-state index is 12.7. The Hall–Kier alpha value is -2.61. The summed E-state index contributed by atoms with van der Waals surface area (Å²) in [6.45, 7) is 1.27. The predicted molar refractivity (Wildman–Crippen MR) is 88.6 cm³/mol. The molecule has 1 aromatic carbocycles. The fourth-order valence-corrected chi connectivity index (χ4v) is 2.08. The van der Waals surface area contributed by atoms with E-state index < -0.39 is 17.6 Å². The second-order valence-corrected chi connectivity index (χ2v) is 5.24. The van der Waals surface area contributed by atoms with E-state index in [9.17, 15) is 18.0 Å². The topological polar surface area (TPSA) is 63.2 Å². The van der Waals surface area contributed by atoms with Crippen LogP contribution in [-0.2, 0) is 10.9 Å². The van der Waals surface area contributed by atoms with Crippen LogP contribution in [0.2, 0.25) is 0 Å². The van der Waals surface area contributed by atoms with E-state index in [0.29, 0.717) is 18.8 Å². The Kier molecular flexibility index (Phi) is 6.35. The van der Waals surface area contributed by atoms with Gasteiger partial charge in [0.1, 0.15) is 5.69 Å². The van der Waals surface area contributed by atoms with Crippen molar-refractivity contribution in [2.24, 2.45) is 0 Å². The summed E-state index contributed by atoms with van der Waals surface area (Å²) in [6.07, 6.45) is -2.21. The first-order valence-electron chi connectivity index (χ1n) is 7.57. The van der Waals surface area contributed by atoms with Gasteiger partial charge in [0.15, 0.2) is 0 Å². The van der Waals surface area contributed by atoms with Crippen molar-refractivity contribution in [2.45, 2.75) is 12.6 Å². The highest BCUT2D eigenvalue weighted by Crippen LogP contribution is 2.30. The summed E-state index contributed by atoms with van der Waals surface area (Å²) in [6, 6.07) is 7.69. The van der Waals surface area contributed by atoms with E-state index in [4.69, 9.17) is 4.74 Å². The van der Waals surface area contributed by atoms with E-state index >= 15 is 0 Å². The number of ether oxygens (including phenoxy) is 1. The van der Waals surface area contributed by atoms with Gasteiger partial charge in [0.05, 0.1) is 5.56 Å². The molecule has 5 nitrogen and oxygen atoms in total. The minimum atomic E-state index is -4.47. The number of anilines is 2. The molecule has 25 heavy (non-hydrogen) atoms. The second-order valence-electron chi connectivity index (χ2n) is 5.24. The van der Waals surface area contributed by atoms with Crippen molar-refractivity contribution >= 4 is 17.3 Å². The fraction of sp³-hybridized carbons (Fsp3) is 0.294. The smallest absolute Gasteiger partial charge is 0.385 e. The molecule has 0 unspecified atom stereocenters. The van der Waals surface area contributed by atoms with Crippen molar-refractivity contribution < 1.29 is 22.7 Å². The van der Waals surface area contributed by atoms with Crippen LogP contribution in [0, 0.1) is 0 Å². The highest BCUT2D eigenvalue weighted by atomic mass is 19.4. The molecule has 0 fully saturated rings. The molecule has 0 atom stereocenters. The van der Waals surface area contributed by atoms with Gasteiger partial charge in [-0.2, -0.15) is 13.2 Å². The van der Waals surface area contributed by atoms with E-state index in [1.807, 2.05) is 0 Å². The maximum absolute atomic E-state index is 12.7. The number of hydrogen-bond acceptors (Lipinski definition) is 4. The monoisotopic (exact) mass is 353 g/mol. The molecule has 0 aliphatic carbocycles. The van der Waals surface area contributed by atoms with E-state index in [2.05, 4.69) is 15.6 Å². The average molecular weight is 353 g/mol. The third-order valence-corrected chi connectivity index (χ3v) is 3.29. The molecule has 8 heteroatoms. The Morgan fingerprint density at radius 1 is 1.20 bits per heavy atom. The van der Waals surface area contributed by atoms with Crippen LogP contribution in [0.3, 0.4) is 0 Å². The van der Waals surface area contributed by atoms with E-state index in [0.717, 1.165) is 18.6 Å². The molecule has 0 spiro atoms. The van der Waals surface area contributed by atoms with E-state index in [1.165, 1.54) is 24.4 Å². The fourth-order valence-electron chi connectivity index (χ4n) is 2.08. The van der Waals surface area contributed by atoms with Crippen molar-refractivity contribution in [3.63, 3.8) is 0 Å². The summed E-state index contributed by atoms with van der Waals surface area (Å²) < 4.78 is 43.1. The lowest BCUT2D eigenvalue weighted by atomic mass is 10.2. The van der Waals surface area contributed by atoms with Crippen LogP contribution in [0.1, 0.15) is 22.5 Å². The second kappa shape index (κ2) is 8.48. The molecule has 2 rings (SSSR count). The highest BCUT2D eigenvalue weighted by molar-refractivity contribution is 6.03. The van der Waals surface area contributed by atoms with Gasteiger partial charge in [-0.05, 0) is 36.8 Å². The van der Waals surface area contributed by atoms with Gasteiger partial charge in [-0.1, -0.05) is 6.07 Å². The lowest BCUT2D eigenvalue weighted by Crippen LogP contribution is -2.15. The van der Waals surface area contributed by atoms with Crippen molar-refractivity contribution in [1.82, 2.24) is 4.98 Å². The molecule has 0 aliphatic rings. The molecule has 2 N–H and O–H groups in total. The molecule has 2 aromatic rings. The quantitative estimate of drug-likeness (QED) is 0.743. The van der Waals surface area contributed by atoms with Crippen molar-refractivity contribution in [1.29, 1.82) is 0 Å². The molecule has 1 amide bonds. The van der Waals surface area contributed by atoms with Gasteiger partial charge >= 0.3 is 6.18 Å². The Morgan fingerprint density at radius 3 is 2.72 bits per heavy atom. The average Bonchev–Trinajstić information content (AvgIpc) is 2.58. The maximum Gasteiger partial charge on any atom is 0.416 e. The summed E-state index contributed by atoms with van der Waals surface area (Å²) in [5.41, 5.74) is 0.0290. The number of carbonyl (C=O) groups is 1. The SMILES string of the molecule is COCCCNc1ccnc(C(=O)Nc2cccc(C(F)(F)F)c2)c1. The Labute approximate surface area is 143 Å². The van der Waals surface area contributed by atoms with Crippen LogP contribution < -0.4 is 10.6 Å². The van der Waals surface area contributed by atoms with Gasteiger partial charge in [0.2, 0.25) is 0 Å². The zero-order valence-electron chi connectivity index (χ0n) is 13.6. The number of rotatable bonds is 7. The molecule has 0 bridgehead atoms. The van der Waals surface area contributed by atoms with Gasteiger partial charge in [-0.25, -0.2) is 0 Å². The third-order valence-electron chi connectivity index (χ3n) is 3.29. The van der Waals surface area contributed by atoms with Gasteiger partial charge in [-0.3, -0.25) is 9.78 Å². The van der Waals surface area contributed by atoms with Gasteiger partial charge in [0, 0.05) is 37.8 Å². The number of carbonyl (C=O) groups excluding carboxylic acids is 1. The molecule has 0 radical (unpaired) electrons. The number of hydrogen-bond donors (Lipinski definition) is 2. The van der Waals surface area contributed by atoms with Gasteiger partial charge in [-0.15, -0.1) is 0 Å². The van der Waals surface area contributed by atoms with E-state index in [1.54, 1.807) is 13.2 Å². The van der Waals surface area contributed by atoms with Crippen molar-refractivity contribution in [3.8, 4) is 0 Å². The summed E-state index contributed by atoms with van der Waals surface area (Å²) in [4.78, 5) is 16.2. The first-order chi connectivity index (χ1) is 11.9. The van der Waals surface area contributed by atoms with Crippen LogP contribution in [0.15, 0.2) is 42.6 Å². The lowest BCUT2D eigenvalue weighted by Gasteiger charge is -2.10. The number of aromatic nitrogens is 1. The highest BCUT2D eigenvalue weighted by Gasteiger charge is 2.30. The Balaban J connectivity index is 2.03. The minimum absolute atomic E-state index is 0.0556. The molecule has 134 valence electrons. The zero-order chi connectivity index (χ0) is 18.3. The number of nitrogens with one attached hydrogen (secondary N) is 2. The molecule has 1 aromatic heterocycles. The lowest BCUT2D eigenvalue weighted by molar-refractivity contribution is -0.137. The summed E-state index contributed by atoms with van der Waals surface area (Å²) in [5, 5.41) is 5.54. The number of benzene rings is 1. The molecule has 1 heterocycles. The first kappa shape index (κ1) is 18.7. The van der Waals surface area contributed by atoms with Crippen molar-refractivity contribution in [3.05, 3.63) is 53.9 Å². The molecule has 0 saturated carbocycles. The molecular weight excluding hydrogens is 335 g/mol. The predicted octanol–water partition coefficient (Wildman–Crippen LogP) is 3.80. The molecule has 0 aliphatic heterocycles. The van der Waals surface area contributed by atoms with Crippen LogP contribution in [0.25, 0.3) is 0 Å². The van der Waals surface area contributed by atoms with Gasteiger partial charge in [0.25, 0.3) is 5.91 Å². The normalized spacial score (nSPS) is 11.2. The molecule has 0 saturated heterocycles. The van der Waals surface area contributed by atoms with Crippen molar-refractivity contribution in [2.75, 3.05) is 30.9 Å². The Morgan fingerprint density at radius 2 is 2.00 bits per heavy atom. The summed E-state index contributed by atoms with van der Waals surface area (Å²) >= 11 is 0. The Bertz CT molecular complexity index is 720. The number of methoxy groups -OCH3 is 1. The minimum Gasteiger partial charge on any atom is -0.385 e. The standard InChI is InChI=1S/C17H18F3N3O2/c1-25-9-3-7-21-13-6-8-22-15(11-13)16(24)23-14-5-2-4-12(10-14)17(18,19)20/h2,4-6,8,10-11H,3,7,9H2,1H3,(H,21,22)(H,23,24). The number of pyridine rings is 1. The first-order valence-corrected chi connectivity index (χ1v) is 7.57. The number of amides is 1. The number of nitrogens with zero attached hydrogens (tertiary/aromatic N) is 1. The van der Waals surface area contributed by atoms with Crippen LogP contribution >= 0.6 is 0 Å². The van der Waals surface area contributed by atoms with Crippen LogP contribution in [0.5, 0.6) is 0 Å². The van der Waals surface area contributed by atoms with E-state index in [-0.39, 0.29) is 11.4 Å². The number of alkyl halides is 3. The largest absolute Gasteiger partial charge is 0.416 e. The summed E-state index contributed by atoms with van der Waals surface area (Å²) in [5.74, 6) is -0.583. The van der Waals surface area contributed by atoms with Crippen LogP contribution in [-0.4, -0.2) is 31.2 Å². The third kappa shape index (κ3) is 5.75.